The first-order valence-corrected chi connectivity index (χ1v) is 4.70. The molecule has 0 aromatic carbocycles. The molecule has 6 heteroatoms. The quantitative estimate of drug-likeness (QED) is 0.627. The fraction of sp³-hybridized carbons (Fsp3) is 0.333. The molecule has 1 amide bonds. The Morgan fingerprint density at radius 1 is 1.67 bits per heavy atom. The topological polar surface area (TPSA) is 82.5 Å². The summed E-state index contributed by atoms with van der Waals surface area (Å²) in [6, 6.07) is 3.11. The predicted octanol–water partition coefficient (Wildman–Crippen LogP) is -0.182. The fourth-order valence-electron chi connectivity index (χ4n) is 0.926. The number of aliphatic hydroxyl groups is 2. The van der Waals surface area contributed by atoms with Crippen molar-refractivity contribution in [3.05, 3.63) is 29.0 Å². The average Bonchev–Trinajstić information content (AvgIpc) is 2.26. The van der Waals surface area contributed by atoms with Crippen molar-refractivity contribution in [1.29, 1.82) is 0 Å². The Morgan fingerprint density at radius 2 is 2.40 bits per heavy atom. The van der Waals surface area contributed by atoms with E-state index in [2.05, 4.69) is 10.3 Å². The first-order chi connectivity index (χ1) is 7.15. The highest BCUT2D eigenvalue weighted by Gasteiger charge is 2.11. The van der Waals surface area contributed by atoms with E-state index in [4.69, 9.17) is 21.8 Å². The van der Waals surface area contributed by atoms with Gasteiger partial charge in [0, 0.05) is 12.7 Å². The van der Waals surface area contributed by atoms with Crippen LogP contribution in [0.2, 0.25) is 5.15 Å². The standard InChI is InChI=1S/C9H11ClN2O3/c10-8-7(2-1-3-11-8)9(15)12-4-6(14)5-13/h1-3,6,13-14H,4-5H2,(H,12,15). The van der Waals surface area contributed by atoms with Crippen LogP contribution in [0.4, 0.5) is 0 Å². The van der Waals surface area contributed by atoms with Gasteiger partial charge in [-0.1, -0.05) is 11.6 Å². The molecule has 82 valence electrons. The summed E-state index contributed by atoms with van der Waals surface area (Å²) in [5.74, 6) is -0.430. The molecule has 1 heterocycles. The van der Waals surface area contributed by atoms with Crippen LogP contribution in [-0.4, -0.2) is 40.4 Å². The first kappa shape index (κ1) is 11.9. The van der Waals surface area contributed by atoms with Crippen LogP contribution in [-0.2, 0) is 0 Å². The van der Waals surface area contributed by atoms with Crippen molar-refractivity contribution in [1.82, 2.24) is 10.3 Å². The molecular weight excluding hydrogens is 220 g/mol. The molecule has 5 nitrogen and oxygen atoms in total. The number of halogens is 1. The van der Waals surface area contributed by atoms with Gasteiger partial charge in [-0.15, -0.1) is 0 Å². The van der Waals surface area contributed by atoms with E-state index in [1.54, 1.807) is 6.07 Å². The normalized spacial score (nSPS) is 12.2. The lowest BCUT2D eigenvalue weighted by Crippen LogP contribution is -2.34. The second kappa shape index (κ2) is 5.65. The second-order valence-electron chi connectivity index (χ2n) is 2.89. The zero-order valence-corrected chi connectivity index (χ0v) is 8.61. The third-order valence-corrected chi connectivity index (χ3v) is 2.01. The molecule has 0 fully saturated rings. The number of aromatic nitrogens is 1. The van der Waals surface area contributed by atoms with Crippen molar-refractivity contribution < 1.29 is 15.0 Å². The van der Waals surface area contributed by atoms with Crippen LogP contribution in [0.1, 0.15) is 10.4 Å². The summed E-state index contributed by atoms with van der Waals surface area (Å²) in [4.78, 5) is 15.2. The molecule has 0 aliphatic heterocycles. The monoisotopic (exact) mass is 230 g/mol. The van der Waals surface area contributed by atoms with E-state index >= 15 is 0 Å². The minimum absolute atomic E-state index is 0.0272. The largest absolute Gasteiger partial charge is 0.394 e. The number of nitrogens with zero attached hydrogens (tertiary/aromatic N) is 1. The van der Waals surface area contributed by atoms with Crippen molar-refractivity contribution in [3.8, 4) is 0 Å². The molecule has 1 rings (SSSR count). The Morgan fingerprint density at radius 3 is 3.00 bits per heavy atom. The van der Waals surface area contributed by atoms with E-state index in [1.807, 2.05) is 0 Å². The molecule has 0 aliphatic carbocycles. The Hall–Kier alpha value is -1.17. The molecule has 1 aromatic rings. The third kappa shape index (κ3) is 3.47. The van der Waals surface area contributed by atoms with Gasteiger partial charge < -0.3 is 15.5 Å². The SMILES string of the molecule is O=C(NCC(O)CO)c1cccnc1Cl. The lowest BCUT2D eigenvalue weighted by atomic mass is 10.2. The number of hydrogen-bond acceptors (Lipinski definition) is 4. The Bertz CT molecular complexity index is 346. The number of carbonyl (C=O) groups excluding carboxylic acids is 1. The van der Waals surface area contributed by atoms with Gasteiger partial charge in [-0.3, -0.25) is 4.79 Å². The summed E-state index contributed by atoms with van der Waals surface area (Å²) >= 11 is 5.68. The molecule has 3 N–H and O–H groups in total. The number of carbonyl (C=O) groups is 1. The predicted molar refractivity (Wildman–Crippen MR) is 54.7 cm³/mol. The minimum atomic E-state index is -0.968. The van der Waals surface area contributed by atoms with Crippen LogP contribution in [0.3, 0.4) is 0 Å². The highest BCUT2D eigenvalue weighted by molar-refractivity contribution is 6.32. The lowest BCUT2D eigenvalue weighted by Gasteiger charge is -2.09. The summed E-state index contributed by atoms with van der Waals surface area (Å²) in [5, 5.41) is 20.1. The molecule has 0 saturated carbocycles. The van der Waals surface area contributed by atoms with Gasteiger partial charge in [0.05, 0.1) is 18.3 Å². The van der Waals surface area contributed by atoms with Crippen molar-refractivity contribution in [2.45, 2.75) is 6.10 Å². The molecule has 0 aliphatic rings. The lowest BCUT2D eigenvalue weighted by molar-refractivity contribution is 0.0802. The highest BCUT2D eigenvalue weighted by Crippen LogP contribution is 2.10. The Labute approximate surface area is 91.7 Å². The van der Waals surface area contributed by atoms with Crippen LogP contribution in [0.15, 0.2) is 18.3 Å². The molecule has 15 heavy (non-hydrogen) atoms. The second-order valence-corrected chi connectivity index (χ2v) is 3.25. The summed E-state index contributed by atoms with van der Waals surface area (Å²) in [6.45, 7) is -0.429. The Balaban J connectivity index is 2.58. The van der Waals surface area contributed by atoms with Crippen LogP contribution >= 0.6 is 11.6 Å². The van der Waals surface area contributed by atoms with Crippen LogP contribution in [0.25, 0.3) is 0 Å². The van der Waals surface area contributed by atoms with Crippen LogP contribution < -0.4 is 5.32 Å². The van der Waals surface area contributed by atoms with Crippen molar-refractivity contribution in [3.63, 3.8) is 0 Å². The molecule has 1 aromatic heterocycles. The van der Waals surface area contributed by atoms with Crippen LogP contribution in [0, 0.1) is 0 Å². The van der Waals surface area contributed by atoms with Crippen molar-refractivity contribution >= 4 is 17.5 Å². The molecule has 0 saturated heterocycles. The number of rotatable bonds is 4. The third-order valence-electron chi connectivity index (χ3n) is 1.71. The van der Waals surface area contributed by atoms with Crippen LogP contribution in [0.5, 0.6) is 0 Å². The van der Waals surface area contributed by atoms with E-state index in [1.165, 1.54) is 12.3 Å². The maximum Gasteiger partial charge on any atom is 0.254 e. The molecule has 0 bridgehead atoms. The number of nitrogens with one attached hydrogen (secondary N) is 1. The van der Waals surface area contributed by atoms with Gasteiger partial charge in [-0.25, -0.2) is 4.98 Å². The maximum absolute atomic E-state index is 11.5. The van der Waals surface area contributed by atoms with Gasteiger partial charge in [0.15, 0.2) is 0 Å². The zero-order chi connectivity index (χ0) is 11.3. The highest BCUT2D eigenvalue weighted by atomic mass is 35.5. The molecule has 1 unspecified atom stereocenters. The summed E-state index contributed by atoms with van der Waals surface area (Å²) in [6.07, 6.45) is 0.506. The maximum atomic E-state index is 11.5. The van der Waals surface area contributed by atoms with Crippen molar-refractivity contribution in [2.75, 3.05) is 13.2 Å². The number of amides is 1. The Kier molecular flexibility index (Phi) is 4.48. The van der Waals surface area contributed by atoms with Gasteiger partial charge in [0.2, 0.25) is 0 Å². The number of aliphatic hydroxyl groups excluding tert-OH is 2. The van der Waals surface area contributed by atoms with Gasteiger partial charge in [0.25, 0.3) is 5.91 Å². The van der Waals surface area contributed by atoms with Gasteiger partial charge in [-0.2, -0.15) is 0 Å². The van der Waals surface area contributed by atoms with Gasteiger partial charge >= 0.3 is 0 Å². The van der Waals surface area contributed by atoms with E-state index in [-0.39, 0.29) is 17.3 Å². The minimum Gasteiger partial charge on any atom is -0.394 e. The van der Waals surface area contributed by atoms with E-state index in [0.717, 1.165) is 0 Å². The molecule has 1 atom stereocenters. The number of pyridine rings is 1. The van der Waals surface area contributed by atoms with E-state index in [9.17, 15) is 4.79 Å². The molecular formula is C9H11ClN2O3. The van der Waals surface area contributed by atoms with Gasteiger partial charge in [-0.05, 0) is 12.1 Å². The first-order valence-electron chi connectivity index (χ1n) is 4.32. The average molecular weight is 231 g/mol. The summed E-state index contributed by atoms with van der Waals surface area (Å²) in [7, 11) is 0. The van der Waals surface area contributed by atoms with E-state index < -0.39 is 18.6 Å². The zero-order valence-electron chi connectivity index (χ0n) is 7.85. The smallest absolute Gasteiger partial charge is 0.254 e. The fourth-order valence-corrected chi connectivity index (χ4v) is 1.13. The molecule has 0 radical (unpaired) electrons. The van der Waals surface area contributed by atoms with Gasteiger partial charge in [0.1, 0.15) is 5.15 Å². The number of hydrogen-bond donors (Lipinski definition) is 3. The van der Waals surface area contributed by atoms with E-state index in [0.29, 0.717) is 0 Å². The summed E-state index contributed by atoms with van der Waals surface area (Å²) in [5.41, 5.74) is 0.240. The summed E-state index contributed by atoms with van der Waals surface area (Å²) < 4.78 is 0. The van der Waals surface area contributed by atoms with Crippen molar-refractivity contribution in [2.24, 2.45) is 0 Å². The molecule has 0 spiro atoms.